The van der Waals surface area contributed by atoms with E-state index in [-0.39, 0.29) is 5.69 Å². The number of hydrogen-bond donors (Lipinski definition) is 1. The molecule has 4 nitrogen and oxygen atoms in total. The third-order valence-corrected chi connectivity index (χ3v) is 4.79. The molecule has 0 unspecified atom stereocenters. The Morgan fingerprint density at radius 2 is 1.75 bits per heavy atom. The Labute approximate surface area is 158 Å². The molecule has 0 fully saturated rings. The van der Waals surface area contributed by atoms with Crippen molar-refractivity contribution in [2.45, 2.75) is 0 Å². The first kappa shape index (κ1) is 16.4. The molecular formula is C22H14F2N4. The molecule has 3 aromatic heterocycles. The molecule has 2 N–H and O–H groups in total. The normalized spacial score (nSPS) is 11.4. The summed E-state index contributed by atoms with van der Waals surface area (Å²) in [6.45, 7) is 0. The number of halogens is 2. The van der Waals surface area contributed by atoms with Crippen molar-refractivity contribution in [3.8, 4) is 16.9 Å². The number of nitrogen functional groups attached to an aromatic ring is 1. The van der Waals surface area contributed by atoms with Gasteiger partial charge in [-0.1, -0.05) is 30.3 Å². The fourth-order valence-corrected chi connectivity index (χ4v) is 3.52. The minimum atomic E-state index is -0.530. The van der Waals surface area contributed by atoms with Crippen molar-refractivity contribution in [3.05, 3.63) is 84.7 Å². The van der Waals surface area contributed by atoms with Crippen molar-refractivity contribution < 1.29 is 8.78 Å². The van der Waals surface area contributed by atoms with Crippen LogP contribution in [0.2, 0.25) is 0 Å². The van der Waals surface area contributed by atoms with Crippen molar-refractivity contribution in [2.24, 2.45) is 0 Å². The van der Waals surface area contributed by atoms with Gasteiger partial charge in [-0.3, -0.25) is 0 Å². The maximum absolute atomic E-state index is 15.8. The number of hydrogen-bond acceptors (Lipinski definition) is 3. The van der Waals surface area contributed by atoms with Crippen LogP contribution < -0.4 is 5.73 Å². The second kappa shape index (κ2) is 6.13. The van der Waals surface area contributed by atoms with E-state index in [4.69, 9.17) is 5.73 Å². The molecule has 0 radical (unpaired) electrons. The summed E-state index contributed by atoms with van der Waals surface area (Å²) in [6, 6.07) is 16.6. The van der Waals surface area contributed by atoms with Crippen LogP contribution in [0.3, 0.4) is 0 Å². The van der Waals surface area contributed by atoms with Gasteiger partial charge >= 0.3 is 0 Å². The summed E-state index contributed by atoms with van der Waals surface area (Å²) in [6.07, 6.45) is 3.34. The lowest BCUT2D eigenvalue weighted by atomic mass is 10.1. The van der Waals surface area contributed by atoms with E-state index in [2.05, 4.69) is 9.97 Å². The lowest BCUT2D eigenvalue weighted by Crippen LogP contribution is -2.03. The van der Waals surface area contributed by atoms with Crippen LogP contribution in [0.1, 0.15) is 0 Å². The third-order valence-electron chi connectivity index (χ3n) is 4.79. The van der Waals surface area contributed by atoms with Crippen LogP contribution in [0.25, 0.3) is 38.8 Å². The van der Waals surface area contributed by atoms with Gasteiger partial charge in [0, 0.05) is 28.7 Å². The molecule has 5 aromatic rings. The van der Waals surface area contributed by atoms with E-state index in [0.717, 1.165) is 10.9 Å². The number of fused-ring (bicyclic) bond motifs is 2. The van der Waals surface area contributed by atoms with Crippen LogP contribution in [0.4, 0.5) is 14.6 Å². The van der Waals surface area contributed by atoms with Gasteiger partial charge in [0.15, 0.2) is 5.82 Å². The number of benzene rings is 2. The molecule has 2 aromatic carbocycles. The average Bonchev–Trinajstić information content (AvgIpc) is 3.13. The van der Waals surface area contributed by atoms with Crippen LogP contribution >= 0.6 is 0 Å². The predicted octanol–water partition coefficient (Wildman–Crippen LogP) is 5.10. The van der Waals surface area contributed by atoms with Crippen molar-refractivity contribution in [3.63, 3.8) is 0 Å². The third kappa shape index (κ3) is 2.42. The van der Waals surface area contributed by atoms with E-state index in [1.165, 1.54) is 18.2 Å². The Bertz CT molecular complexity index is 1360. The summed E-state index contributed by atoms with van der Waals surface area (Å²) >= 11 is 0. The summed E-state index contributed by atoms with van der Waals surface area (Å²) in [4.78, 5) is 8.55. The first-order chi connectivity index (χ1) is 13.6. The van der Waals surface area contributed by atoms with Gasteiger partial charge in [-0.25, -0.2) is 18.7 Å². The molecule has 28 heavy (non-hydrogen) atoms. The Kier molecular flexibility index (Phi) is 3.58. The Hall–Kier alpha value is -3.80. The summed E-state index contributed by atoms with van der Waals surface area (Å²) in [5.74, 6) is -0.601. The molecular weight excluding hydrogens is 358 g/mol. The minimum Gasteiger partial charge on any atom is -0.383 e. The molecule has 0 spiro atoms. The molecule has 0 saturated carbocycles. The lowest BCUT2D eigenvalue weighted by Gasteiger charge is -2.14. The van der Waals surface area contributed by atoms with Gasteiger partial charge in [0.25, 0.3) is 0 Å². The number of para-hydroxylation sites is 1. The maximum atomic E-state index is 15.8. The molecule has 0 amide bonds. The van der Waals surface area contributed by atoms with E-state index in [0.29, 0.717) is 28.0 Å². The molecule has 136 valence electrons. The molecule has 6 heteroatoms. The second-order valence-corrected chi connectivity index (χ2v) is 6.47. The largest absolute Gasteiger partial charge is 0.383 e. The SMILES string of the molecule is Nc1nccc2c1ccn2-c1c(F)c(-c2cccc(F)c2)nc2ccccc12. The quantitative estimate of drug-likeness (QED) is 0.469. The van der Waals surface area contributed by atoms with Crippen molar-refractivity contribution in [1.82, 2.24) is 14.5 Å². The highest BCUT2D eigenvalue weighted by Crippen LogP contribution is 2.34. The minimum absolute atomic E-state index is 0.0945. The topological polar surface area (TPSA) is 56.7 Å². The Balaban J connectivity index is 1.90. The van der Waals surface area contributed by atoms with Crippen LogP contribution in [-0.2, 0) is 0 Å². The number of pyridine rings is 2. The van der Waals surface area contributed by atoms with Crippen LogP contribution in [0.15, 0.2) is 73.1 Å². The van der Waals surface area contributed by atoms with E-state index in [1.54, 1.807) is 35.2 Å². The van der Waals surface area contributed by atoms with Gasteiger partial charge in [-0.15, -0.1) is 0 Å². The van der Waals surface area contributed by atoms with E-state index < -0.39 is 11.6 Å². The molecule has 3 heterocycles. The molecule has 0 saturated heterocycles. The molecule has 0 bridgehead atoms. The summed E-state index contributed by atoms with van der Waals surface area (Å²) in [7, 11) is 0. The highest BCUT2D eigenvalue weighted by atomic mass is 19.1. The summed E-state index contributed by atoms with van der Waals surface area (Å²) < 4.78 is 31.2. The van der Waals surface area contributed by atoms with Gasteiger partial charge in [-0.05, 0) is 30.3 Å². The molecule has 0 aliphatic rings. The first-order valence-electron chi connectivity index (χ1n) is 8.69. The molecule has 0 atom stereocenters. The molecule has 0 aliphatic carbocycles. The highest BCUT2D eigenvalue weighted by Gasteiger charge is 2.19. The Morgan fingerprint density at radius 3 is 2.61 bits per heavy atom. The summed E-state index contributed by atoms with van der Waals surface area (Å²) in [5.41, 5.74) is 8.12. The number of rotatable bonds is 2. The molecule has 5 rings (SSSR count). The smallest absolute Gasteiger partial charge is 0.174 e. The van der Waals surface area contributed by atoms with Gasteiger partial charge in [0.1, 0.15) is 17.3 Å². The van der Waals surface area contributed by atoms with Gasteiger partial charge in [-0.2, -0.15) is 0 Å². The number of anilines is 1. The van der Waals surface area contributed by atoms with Crippen LogP contribution in [0, 0.1) is 11.6 Å². The first-order valence-corrected chi connectivity index (χ1v) is 8.69. The maximum Gasteiger partial charge on any atom is 0.174 e. The number of nitrogens with two attached hydrogens (primary N) is 1. The Morgan fingerprint density at radius 1 is 0.893 bits per heavy atom. The fraction of sp³-hybridized carbons (Fsp3) is 0. The number of aromatic nitrogens is 3. The van der Waals surface area contributed by atoms with Crippen molar-refractivity contribution >= 4 is 27.6 Å². The second-order valence-electron chi connectivity index (χ2n) is 6.47. The molecule has 0 aliphatic heterocycles. The van der Waals surface area contributed by atoms with E-state index in [1.807, 2.05) is 24.3 Å². The van der Waals surface area contributed by atoms with Crippen LogP contribution in [0.5, 0.6) is 0 Å². The zero-order valence-electron chi connectivity index (χ0n) is 14.6. The summed E-state index contributed by atoms with van der Waals surface area (Å²) in [5, 5.41) is 1.38. The van der Waals surface area contributed by atoms with Gasteiger partial charge in [0.2, 0.25) is 0 Å². The highest BCUT2D eigenvalue weighted by molar-refractivity contribution is 5.95. The van der Waals surface area contributed by atoms with Gasteiger partial charge in [0.05, 0.1) is 16.7 Å². The van der Waals surface area contributed by atoms with E-state index >= 15 is 4.39 Å². The van der Waals surface area contributed by atoms with Crippen molar-refractivity contribution in [1.29, 1.82) is 0 Å². The average molecular weight is 372 g/mol. The fourth-order valence-electron chi connectivity index (χ4n) is 3.52. The number of nitrogens with zero attached hydrogens (tertiary/aromatic N) is 3. The monoisotopic (exact) mass is 372 g/mol. The zero-order valence-corrected chi connectivity index (χ0v) is 14.6. The standard InChI is InChI=1S/C22H14F2N4/c23-14-5-3-4-13(12-14)20-19(24)21(15-6-1-2-7-17(15)27-20)28-11-9-16-18(28)8-10-26-22(16)25/h1-12H,(H2,25,26). The lowest BCUT2D eigenvalue weighted by molar-refractivity contribution is 0.618. The predicted molar refractivity (Wildman–Crippen MR) is 106 cm³/mol. The van der Waals surface area contributed by atoms with E-state index in [9.17, 15) is 4.39 Å². The van der Waals surface area contributed by atoms with Crippen LogP contribution in [-0.4, -0.2) is 14.5 Å². The van der Waals surface area contributed by atoms with Crippen molar-refractivity contribution in [2.75, 3.05) is 5.73 Å². The van der Waals surface area contributed by atoms with Gasteiger partial charge < -0.3 is 10.3 Å². The zero-order chi connectivity index (χ0) is 19.3.